The molecule has 6 nitrogen and oxygen atoms in total. The lowest BCUT2D eigenvalue weighted by atomic mass is 10.1. The van der Waals surface area contributed by atoms with E-state index in [0.29, 0.717) is 5.39 Å². The normalized spacial score (nSPS) is 12.6. The Morgan fingerprint density at radius 1 is 1.35 bits per heavy atom. The lowest BCUT2D eigenvalue weighted by Crippen LogP contribution is -2.29. The fourth-order valence-corrected chi connectivity index (χ4v) is 2.32. The molecule has 0 fully saturated rings. The molecule has 106 valence electrons. The third kappa shape index (κ3) is 3.03. The molecule has 0 saturated heterocycles. The number of pyridine rings is 1. The molecular formula is C14H18N4O2. The highest BCUT2D eigenvalue weighted by Crippen LogP contribution is 2.30. The Hall–Kier alpha value is -2.21. The molecule has 2 rings (SSSR count). The zero-order valence-electron chi connectivity index (χ0n) is 11.8. The van der Waals surface area contributed by atoms with Crippen molar-refractivity contribution in [3.05, 3.63) is 40.7 Å². The average Bonchev–Trinajstić information content (AvgIpc) is 2.37. The maximum atomic E-state index is 11.1. The van der Waals surface area contributed by atoms with Crippen LogP contribution in [0.5, 0.6) is 0 Å². The molecule has 0 aliphatic heterocycles. The van der Waals surface area contributed by atoms with Crippen LogP contribution < -0.4 is 5.32 Å². The molecule has 0 saturated carbocycles. The molecule has 0 bridgehead atoms. The van der Waals surface area contributed by atoms with E-state index < -0.39 is 0 Å². The van der Waals surface area contributed by atoms with Gasteiger partial charge in [0, 0.05) is 42.1 Å². The quantitative estimate of drug-likeness (QED) is 0.670. The number of nitrogens with one attached hydrogen (secondary N) is 1. The monoisotopic (exact) mass is 274 g/mol. The minimum absolute atomic E-state index is 0.105. The lowest BCUT2D eigenvalue weighted by Gasteiger charge is -2.20. The van der Waals surface area contributed by atoms with Gasteiger partial charge in [-0.15, -0.1) is 0 Å². The molecule has 20 heavy (non-hydrogen) atoms. The van der Waals surface area contributed by atoms with Gasteiger partial charge < -0.3 is 10.2 Å². The molecule has 1 unspecified atom stereocenters. The third-order valence-corrected chi connectivity index (χ3v) is 3.03. The van der Waals surface area contributed by atoms with E-state index in [4.69, 9.17) is 0 Å². The average molecular weight is 274 g/mol. The number of hydrogen-bond donors (Lipinski definition) is 1. The predicted octanol–water partition coefficient (Wildman–Crippen LogP) is 2.51. The fourth-order valence-electron chi connectivity index (χ4n) is 2.32. The Kier molecular flexibility index (Phi) is 4.14. The van der Waals surface area contributed by atoms with Crippen LogP contribution in [0, 0.1) is 10.1 Å². The SMILES string of the molecule is CC(CN(C)C)Nc1ccc([N+](=O)[O-])c2ccncc12. The van der Waals surface area contributed by atoms with Gasteiger partial charge in [0.25, 0.3) is 5.69 Å². The minimum Gasteiger partial charge on any atom is -0.381 e. The number of benzene rings is 1. The van der Waals surface area contributed by atoms with E-state index >= 15 is 0 Å². The van der Waals surface area contributed by atoms with Crippen LogP contribution in [0.15, 0.2) is 30.6 Å². The van der Waals surface area contributed by atoms with E-state index in [2.05, 4.69) is 22.1 Å². The van der Waals surface area contributed by atoms with E-state index in [0.717, 1.165) is 17.6 Å². The van der Waals surface area contributed by atoms with Crippen LogP contribution in [0.1, 0.15) is 6.92 Å². The number of aromatic nitrogens is 1. The molecule has 1 atom stereocenters. The van der Waals surface area contributed by atoms with Gasteiger partial charge in [-0.05, 0) is 33.2 Å². The lowest BCUT2D eigenvalue weighted by molar-refractivity contribution is -0.383. The Morgan fingerprint density at radius 3 is 2.75 bits per heavy atom. The molecule has 0 radical (unpaired) electrons. The van der Waals surface area contributed by atoms with Crippen molar-refractivity contribution in [2.24, 2.45) is 0 Å². The second kappa shape index (κ2) is 5.83. The summed E-state index contributed by atoms with van der Waals surface area (Å²) in [4.78, 5) is 16.8. The van der Waals surface area contributed by atoms with Gasteiger partial charge in [-0.2, -0.15) is 0 Å². The van der Waals surface area contributed by atoms with Crippen LogP contribution >= 0.6 is 0 Å². The Bertz CT molecular complexity index is 628. The summed E-state index contributed by atoms with van der Waals surface area (Å²) in [6.45, 7) is 2.95. The molecule has 0 spiro atoms. The topological polar surface area (TPSA) is 71.3 Å². The van der Waals surface area contributed by atoms with Gasteiger partial charge in [0.1, 0.15) is 0 Å². The number of likely N-dealkylation sites (N-methyl/N-ethyl adjacent to an activating group) is 1. The summed E-state index contributed by atoms with van der Waals surface area (Å²) in [5, 5.41) is 15.8. The number of nitro benzene ring substituents is 1. The predicted molar refractivity (Wildman–Crippen MR) is 80.0 cm³/mol. The standard InChI is InChI=1S/C14H18N4O2/c1-10(9-17(2)3)16-13-4-5-14(18(19)20)11-6-7-15-8-12(11)13/h4-8,10,16H,9H2,1-3H3. The van der Waals surface area contributed by atoms with Gasteiger partial charge >= 0.3 is 0 Å². The Labute approximate surface area is 117 Å². The molecule has 0 aliphatic rings. The largest absolute Gasteiger partial charge is 0.381 e. The molecule has 1 aromatic carbocycles. The molecule has 0 aliphatic carbocycles. The van der Waals surface area contributed by atoms with Crippen LogP contribution in [0.4, 0.5) is 11.4 Å². The minimum atomic E-state index is -0.366. The van der Waals surface area contributed by atoms with E-state index in [1.807, 2.05) is 14.1 Å². The first-order valence-corrected chi connectivity index (χ1v) is 6.41. The molecule has 6 heteroatoms. The van der Waals surface area contributed by atoms with E-state index in [1.165, 1.54) is 6.07 Å². The van der Waals surface area contributed by atoms with Gasteiger partial charge in [-0.25, -0.2) is 0 Å². The van der Waals surface area contributed by atoms with Crippen molar-refractivity contribution in [2.75, 3.05) is 26.0 Å². The van der Waals surface area contributed by atoms with Crippen molar-refractivity contribution in [3.63, 3.8) is 0 Å². The van der Waals surface area contributed by atoms with Crippen molar-refractivity contribution >= 4 is 22.1 Å². The summed E-state index contributed by atoms with van der Waals surface area (Å²) < 4.78 is 0. The first kappa shape index (κ1) is 14.2. The number of hydrogen-bond acceptors (Lipinski definition) is 5. The summed E-state index contributed by atoms with van der Waals surface area (Å²) in [6.07, 6.45) is 3.23. The number of non-ortho nitro benzene ring substituents is 1. The first-order valence-electron chi connectivity index (χ1n) is 6.41. The summed E-state index contributed by atoms with van der Waals surface area (Å²) in [5.41, 5.74) is 0.973. The highest BCUT2D eigenvalue weighted by molar-refractivity contribution is 5.99. The van der Waals surface area contributed by atoms with Crippen molar-refractivity contribution in [1.82, 2.24) is 9.88 Å². The van der Waals surface area contributed by atoms with Crippen molar-refractivity contribution in [2.45, 2.75) is 13.0 Å². The highest BCUT2D eigenvalue weighted by atomic mass is 16.6. The highest BCUT2D eigenvalue weighted by Gasteiger charge is 2.15. The maximum Gasteiger partial charge on any atom is 0.277 e. The van der Waals surface area contributed by atoms with Crippen molar-refractivity contribution < 1.29 is 4.92 Å². The van der Waals surface area contributed by atoms with Crippen molar-refractivity contribution in [3.8, 4) is 0 Å². The number of nitro groups is 1. The van der Waals surface area contributed by atoms with Gasteiger partial charge in [0.15, 0.2) is 0 Å². The Morgan fingerprint density at radius 2 is 2.10 bits per heavy atom. The smallest absolute Gasteiger partial charge is 0.277 e. The first-order chi connectivity index (χ1) is 9.49. The fraction of sp³-hybridized carbons (Fsp3) is 0.357. The van der Waals surface area contributed by atoms with Crippen LogP contribution in [0.3, 0.4) is 0 Å². The molecule has 1 aromatic heterocycles. The van der Waals surface area contributed by atoms with Gasteiger partial charge in [-0.3, -0.25) is 15.1 Å². The van der Waals surface area contributed by atoms with Crippen LogP contribution in [-0.4, -0.2) is 41.5 Å². The van der Waals surface area contributed by atoms with Crippen LogP contribution in [0.25, 0.3) is 10.8 Å². The van der Waals surface area contributed by atoms with E-state index in [1.54, 1.807) is 24.5 Å². The molecule has 2 aromatic rings. The zero-order chi connectivity index (χ0) is 14.7. The summed E-state index contributed by atoms with van der Waals surface area (Å²) >= 11 is 0. The van der Waals surface area contributed by atoms with Gasteiger partial charge in [0.05, 0.1) is 10.3 Å². The molecular weight excluding hydrogens is 256 g/mol. The summed E-state index contributed by atoms with van der Waals surface area (Å²) in [6, 6.07) is 5.19. The summed E-state index contributed by atoms with van der Waals surface area (Å²) in [5.74, 6) is 0. The summed E-state index contributed by atoms with van der Waals surface area (Å²) in [7, 11) is 4.02. The van der Waals surface area contributed by atoms with Gasteiger partial charge in [-0.1, -0.05) is 0 Å². The molecule has 1 N–H and O–H groups in total. The van der Waals surface area contributed by atoms with Crippen molar-refractivity contribution in [1.29, 1.82) is 0 Å². The Balaban J connectivity index is 2.40. The van der Waals surface area contributed by atoms with Crippen LogP contribution in [-0.2, 0) is 0 Å². The second-order valence-corrected chi connectivity index (χ2v) is 5.12. The maximum absolute atomic E-state index is 11.1. The number of fused-ring (bicyclic) bond motifs is 1. The molecule has 1 heterocycles. The van der Waals surface area contributed by atoms with E-state index in [-0.39, 0.29) is 16.7 Å². The second-order valence-electron chi connectivity index (χ2n) is 5.12. The molecule has 0 amide bonds. The third-order valence-electron chi connectivity index (χ3n) is 3.03. The van der Waals surface area contributed by atoms with Gasteiger partial charge in [0.2, 0.25) is 0 Å². The number of nitrogens with zero attached hydrogens (tertiary/aromatic N) is 3. The number of anilines is 1. The number of rotatable bonds is 5. The van der Waals surface area contributed by atoms with E-state index in [9.17, 15) is 10.1 Å². The van der Waals surface area contributed by atoms with Crippen LogP contribution in [0.2, 0.25) is 0 Å². The zero-order valence-corrected chi connectivity index (χ0v) is 11.8.